The molecule has 4 heterocycles. The average Bonchev–Trinajstić information content (AvgIpc) is 3.07. The van der Waals surface area contributed by atoms with Gasteiger partial charge in [0.1, 0.15) is 79.2 Å². The van der Waals surface area contributed by atoms with Crippen LogP contribution >= 0.6 is 0 Å². The number of amides is 2. The number of carbonyl (C=O) groups is 4. The van der Waals surface area contributed by atoms with Crippen molar-refractivity contribution in [3.63, 3.8) is 0 Å². The Morgan fingerprint density at radius 1 is 0.654 bits per heavy atom. The van der Waals surface area contributed by atoms with Crippen LogP contribution in [-0.2, 0) is 52.3 Å². The molecule has 0 radical (unpaired) electrons. The summed E-state index contributed by atoms with van der Waals surface area (Å²) in [4.78, 5) is 47.5. The molecule has 13 N–H and O–H groups in total. The molecule has 0 saturated carbocycles. The molecular formula is C28H42N2O22. The van der Waals surface area contributed by atoms with Gasteiger partial charge < -0.3 is 100.0 Å². The number of rotatable bonds is 12. The SMILES string of the molecule is CC(=O)N[C@@H]1[C@@H](O)[C@H](O[C@H]2O[C@H](C(=O)O)[C@@H](O[C@@H]3O[C@H](CO)[C@@H](O[C@@H]4OC(C(=O)O)=C[C@H](O)[C@H]4O)[C@H](O)[C@H]3NC(C)=O)[C@H](O)[C@H]2O)[C@@H](CO)O[C@H]1O. The van der Waals surface area contributed by atoms with Gasteiger partial charge in [-0.1, -0.05) is 0 Å². The lowest BCUT2D eigenvalue weighted by Crippen LogP contribution is -2.70. The van der Waals surface area contributed by atoms with Crippen molar-refractivity contribution in [3.05, 3.63) is 11.8 Å². The van der Waals surface area contributed by atoms with Crippen LogP contribution in [0.1, 0.15) is 13.8 Å². The van der Waals surface area contributed by atoms with Gasteiger partial charge in [-0.25, -0.2) is 9.59 Å². The van der Waals surface area contributed by atoms with E-state index < -0.39 is 153 Å². The van der Waals surface area contributed by atoms with E-state index in [1.54, 1.807) is 0 Å². The normalized spacial score (nSPS) is 43.8. The Kier molecular flexibility index (Phi) is 13.8. The molecule has 4 aliphatic rings. The molecule has 2 amide bonds. The molecule has 3 saturated heterocycles. The molecule has 0 unspecified atom stereocenters. The molecule has 0 spiro atoms. The number of aliphatic carboxylic acids is 2. The predicted molar refractivity (Wildman–Crippen MR) is 156 cm³/mol. The van der Waals surface area contributed by atoms with E-state index in [4.69, 9.17) is 33.2 Å². The van der Waals surface area contributed by atoms with Gasteiger partial charge in [0.05, 0.1) is 13.2 Å². The quantitative estimate of drug-likeness (QED) is 0.0878. The number of ether oxygens (including phenoxy) is 7. The van der Waals surface area contributed by atoms with Gasteiger partial charge in [-0.15, -0.1) is 0 Å². The van der Waals surface area contributed by atoms with Gasteiger partial charge in [0.15, 0.2) is 25.0 Å². The summed E-state index contributed by atoms with van der Waals surface area (Å²) in [5.74, 6) is -5.85. The second kappa shape index (κ2) is 17.3. The van der Waals surface area contributed by atoms with E-state index in [0.29, 0.717) is 6.08 Å². The van der Waals surface area contributed by atoms with E-state index in [2.05, 4.69) is 10.6 Å². The van der Waals surface area contributed by atoms with Gasteiger partial charge in [0, 0.05) is 13.8 Å². The highest BCUT2D eigenvalue weighted by molar-refractivity contribution is 5.84. The highest BCUT2D eigenvalue weighted by atomic mass is 16.8. The van der Waals surface area contributed by atoms with Crippen LogP contribution in [0.15, 0.2) is 11.8 Å². The Morgan fingerprint density at radius 2 is 1.17 bits per heavy atom. The van der Waals surface area contributed by atoms with E-state index in [1.807, 2.05) is 0 Å². The molecule has 18 atom stereocenters. The smallest absolute Gasteiger partial charge is 0.371 e. The van der Waals surface area contributed by atoms with Crippen LogP contribution < -0.4 is 10.6 Å². The zero-order chi connectivity index (χ0) is 38.8. The first-order chi connectivity index (χ1) is 24.4. The summed E-state index contributed by atoms with van der Waals surface area (Å²) in [6.45, 7) is 0.163. The standard InChI is InChI=1S/C28H42N2O22/c1-6(33)29-12-15(37)19(10(4-31)46-25(12)45)50-28-18(40)17(39)21(22(52-28)24(43)44)51-26-13(30-7(2)34)16(38)20(11(5-32)48-26)49-27-14(36)8(35)3-9(47-27)23(41)42/h3,8,10-22,25-28,31-32,35-40,45H,4-5H2,1-2H3,(H,29,33)(H,30,34)(H,41,42)(H,43,44)/t8-,10+,11+,12+,13+,14+,15+,16+,17+,18+,19+,20+,21-,22-,25+,26-,27-,28-/m0/s1. The van der Waals surface area contributed by atoms with Crippen molar-refractivity contribution < 1.29 is 109 Å². The van der Waals surface area contributed by atoms with Crippen molar-refractivity contribution in [2.75, 3.05) is 13.2 Å². The molecule has 0 aromatic heterocycles. The molecule has 52 heavy (non-hydrogen) atoms. The van der Waals surface area contributed by atoms with E-state index in [1.165, 1.54) is 0 Å². The summed E-state index contributed by atoms with van der Waals surface area (Å²) < 4.78 is 38.0. The second-order valence-electron chi connectivity index (χ2n) is 12.3. The Morgan fingerprint density at radius 3 is 1.71 bits per heavy atom. The van der Waals surface area contributed by atoms with Crippen LogP contribution in [0.4, 0.5) is 0 Å². The largest absolute Gasteiger partial charge is 0.479 e. The van der Waals surface area contributed by atoms with Crippen LogP contribution in [0.25, 0.3) is 0 Å². The molecule has 4 rings (SSSR count). The highest BCUT2D eigenvalue weighted by Gasteiger charge is 2.56. The number of carboxylic acid groups (broad SMARTS) is 2. The Hall–Kier alpha value is -3.18. The Bertz CT molecular complexity index is 1320. The number of carboxylic acids is 2. The summed E-state index contributed by atoms with van der Waals surface area (Å²) >= 11 is 0. The molecule has 296 valence electrons. The maximum absolute atomic E-state index is 12.4. The monoisotopic (exact) mass is 758 g/mol. The highest BCUT2D eigenvalue weighted by Crippen LogP contribution is 2.34. The minimum absolute atomic E-state index is 0.678. The Balaban J connectivity index is 1.55. The van der Waals surface area contributed by atoms with Gasteiger partial charge in [-0.05, 0) is 6.08 Å². The van der Waals surface area contributed by atoms with Crippen molar-refractivity contribution in [2.24, 2.45) is 0 Å². The second-order valence-corrected chi connectivity index (χ2v) is 12.3. The summed E-state index contributed by atoms with van der Waals surface area (Å²) in [7, 11) is 0. The van der Waals surface area contributed by atoms with Gasteiger partial charge in [-0.2, -0.15) is 0 Å². The van der Waals surface area contributed by atoms with Crippen LogP contribution in [0, 0.1) is 0 Å². The molecule has 0 aliphatic carbocycles. The van der Waals surface area contributed by atoms with E-state index in [-0.39, 0.29) is 0 Å². The fraction of sp³-hybridized carbons (Fsp3) is 0.786. The minimum Gasteiger partial charge on any atom is -0.479 e. The summed E-state index contributed by atoms with van der Waals surface area (Å²) in [6, 6.07) is -3.26. The fourth-order valence-corrected chi connectivity index (χ4v) is 6.02. The third kappa shape index (κ3) is 8.95. The van der Waals surface area contributed by atoms with Gasteiger partial charge >= 0.3 is 11.9 Å². The molecule has 24 heteroatoms. The molecular weight excluding hydrogens is 716 g/mol. The third-order valence-corrected chi connectivity index (χ3v) is 8.53. The number of nitrogens with one attached hydrogen (secondary N) is 2. The number of hydrogen-bond acceptors (Lipinski definition) is 20. The summed E-state index contributed by atoms with van der Waals surface area (Å²) in [5.41, 5.74) is 0. The number of aliphatic hydroxyl groups excluding tert-OH is 9. The molecule has 4 aliphatic heterocycles. The maximum Gasteiger partial charge on any atom is 0.371 e. The van der Waals surface area contributed by atoms with Crippen molar-refractivity contribution in [1.82, 2.24) is 10.6 Å². The van der Waals surface area contributed by atoms with Gasteiger partial charge in [0.2, 0.25) is 23.9 Å². The number of aliphatic hydroxyl groups is 9. The zero-order valence-electron chi connectivity index (χ0n) is 27.3. The lowest BCUT2D eigenvalue weighted by atomic mass is 9.94. The first-order valence-corrected chi connectivity index (χ1v) is 15.7. The van der Waals surface area contributed by atoms with Crippen LogP contribution in [0.5, 0.6) is 0 Å². The first-order valence-electron chi connectivity index (χ1n) is 15.7. The van der Waals surface area contributed by atoms with Crippen molar-refractivity contribution in [1.29, 1.82) is 0 Å². The molecule has 0 bridgehead atoms. The molecule has 0 aromatic rings. The third-order valence-electron chi connectivity index (χ3n) is 8.53. The molecule has 0 aromatic carbocycles. The topological polar surface area (TPSA) is 379 Å². The number of hydrogen-bond donors (Lipinski definition) is 13. The lowest BCUT2D eigenvalue weighted by Gasteiger charge is -2.49. The van der Waals surface area contributed by atoms with Gasteiger partial charge in [-0.3, -0.25) is 9.59 Å². The summed E-state index contributed by atoms with van der Waals surface area (Å²) in [6.07, 6.45) is -30.2. The number of carbonyl (C=O) groups excluding carboxylic acids is 2. The van der Waals surface area contributed by atoms with Crippen LogP contribution in [-0.4, -0.2) is 204 Å². The van der Waals surface area contributed by atoms with Gasteiger partial charge in [0.25, 0.3) is 0 Å². The maximum atomic E-state index is 12.4. The molecule has 24 nitrogen and oxygen atoms in total. The van der Waals surface area contributed by atoms with E-state index in [0.717, 1.165) is 13.8 Å². The Labute approximate surface area is 292 Å². The summed E-state index contributed by atoms with van der Waals surface area (Å²) in [5, 5.41) is 118. The fourth-order valence-electron chi connectivity index (χ4n) is 6.02. The van der Waals surface area contributed by atoms with E-state index in [9.17, 15) is 75.3 Å². The van der Waals surface area contributed by atoms with Crippen molar-refractivity contribution in [3.8, 4) is 0 Å². The predicted octanol–water partition coefficient (Wildman–Crippen LogP) is -8.12. The zero-order valence-corrected chi connectivity index (χ0v) is 27.3. The lowest BCUT2D eigenvalue weighted by molar-refractivity contribution is -0.366. The van der Waals surface area contributed by atoms with Crippen molar-refractivity contribution >= 4 is 23.8 Å². The minimum atomic E-state index is -2.25. The average molecular weight is 759 g/mol. The van der Waals surface area contributed by atoms with Crippen LogP contribution in [0.2, 0.25) is 0 Å². The molecule has 3 fully saturated rings. The van der Waals surface area contributed by atoms with Crippen molar-refractivity contribution in [2.45, 2.75) is 124 Å². The van der Waals surface area contributed by atoms with Crippen LogP contribution in [0.3, 0.4) is 0 Å². The van der Waals surface area contributed by atoms with E-state index >= 15 is 0 Å². The first kappa shape index (κ1) is 41.6.